The van der Waals surface area contributed by atoms with Crippen LogP contribution < -0.4 is 9.62 Å². The molecule has 0 aliphatic carbocycles. The van der Waals surface area contributed by atoms with Crippen LogP contribution in [-0.4, -0.2) is 78.0 Å². The Morgan fingerprint density at radius 1 is 0.531 bits per heavy atom. The molecule has 13 nitrogen and oxygen atoms in total. The van der Waals surface area contributed by atoms with Crippen molar-refractivity contribution in [3.05, 3.63) is 118 Å². The van der Waals surface area contributed by atoms with Crippen LogP contribution in [0.15, 0.2) is 84.9 Å². The monoisotopic (exact) mass is 676 g/mol. The Hall–Kier alpha value is -5.47. The first-order chi connectivity index (χ1) is 23.7. The number of benzene rings is 4. The second-order valence-electron chi connectivity index (χ2n) is 10.5. The molecular formula is C36H36O13. The molecule has 0 heterocycles. The third-order valence-electron chi connectivity index (χ3n) is 7.02. The van der Waals surface area contributed by atoms with Crippen LogP contribution in [0.5, 0.6) is 23.0 Å². The molecule has 258 valence electrons. The molecule has 0 aromatic heterocycles. The summed E-state index contributed by atoms with van der Waals surface area (Å²) < 4.78 is 22.1. The number of ether oxygens (including phenoxy) is 4. The normalized spacial score (nSPS) is 10.9. The predicted octanol–water partition coefficient (Wildman–Crippen LogP) is 5.06. The van der Waals surface area contributed by atoms with Crippen LogP contribution in [0, 0.1) is 0 Å². The van der Waals surface area contributed by atoms with Gasteiger partial charge < -0.3 is 44.3 Å². The molecule has 0 bridgehead atoms. The van der Waals surface area contributed by atoms with Crippen molar-refractivity contribution in [1.82, 2.24) is 0 Å². The molecule has 13 heteroatoms. The lowest BCUT2D eigenvalue weighted by Gasteiger charge is -2.09. The Morgan fingerprint density at radius 2 is 1.02 bits per heavy atom. The Labute approximate surface area is 281 Å². The number of carboxylic acids is 2. The molecule has 0 saturated heterocycles. The van der Waals surface area contributed by atoms with Crippen molar-refractivity contribution >= 4 is 17.9 Å². The molecule has 0 spiro atoms. The number of esters is 1. The van der Waals surface area contributed by atoms with Crippen molar-refractivity contribution < 1.29 is 63.5 Å². The Bertz CT molecular complexity index is 1680. The van der Waals surface area contributed by atoms with Crippen molar-refractivity contribution in [1.29, 1.82) is 0 Å². The number of hydrogen-bond acceptors (Lipinski definition) is 11. The first-order valence-corrected chi connectivity index (χ1v) is 15.2. The number of hydrogen-bond donors (Lipinski definition) is 4. The van der Waals surface area contributed by atoms with E-state index in [1.165, 1.54) is 24.3 Å². The molecule has 4 aromatic carbocycles. The number of aromatic hydroxyl groups is 2. The number of carbonyl (C=O) groups excluding carboxylic acids is 1. The van der Waals surface area contributed by atoms with Gasteiger partial charge in [-0.15, -0.1) is 0 Å². The molecule has 0 aliphatic heterocycles. The van der Waals surface area contributed by atoms with Gasteiger partial charge in [-0.3, -0.25) is 0 Å². The van der Waals surface area contributed by atoms with E-state index in [0.717, 1.165) is 23.3 Å². The highest BCUT2D eigenvalue weighted by Gasteiger charge is 2.19. The fourth-order valence-electron chi connectivity index (χ4n) is 4.46. The van der Waals surface area contributed by atoms with E-state index in [-0.39, 0.29) is 40.5 Å². The smallest absolute Gasteiger partial charge is 0.344 e. The van der Waals surface area contributed by atoms with Crippen molar-refractivity contribution in [2.45, 2.75) is 19.4 Å². The topological polar surface area (TPSA) is 188 Å². The molecule has 0 saturated carbocycles. The largest absolute Gasteiger partial charge is 0.508 e. The van der Waals surface area contributed by atoms with E-state index >= 15 is 0 Å². The van der Waals surface area contributed by atoms with Crippen LogP contribution in [-0.2, 0) is 38.5 Å². The zero-order valence-corrected chi connectivity index (χ0v) is 26.4. The quantitative estimate of drug-likeness (QED) is 0.0320. The first-order valence-electron chi connectivity index (χ1n) is 15.2. The second kappa shape index (κ2) is 18.8. The van der Waals surface area contributed by atoms with E-state index in [0.29, 0.717) is 63.8 Å². The molecule has 0 amide bonds. The molecule has 4 rings (SSSR count). The first kappa shape index (κ1) is 36.4. The number of carbonyl (C=O) groups is 3. The Morgan fingerprint density at radius 3 is 1.57 bits per heavy atom. The van der Waals surface area contributed by atoms with Gasteiger partial charge in [0.15, 0.2) is 5.75 Å². The maximum Gasteiger partial charge on any atom is 0.344 e. The summed E-state index contributed by atoms with van der Waals surface area (Å²) in [5, 5.41) is 37.5. The average Bonchev–Trinajstić information content (AvgIpc) is 3.09. The minimum absolute atomic E-state index is 0.0618. The summed E-state index contributed by atoms with van der Waals surface area (Å²) in [5.74, 6) is -3.05. The van der Waals surface area contributed by atoms with Crippen LogP contribution in [0.1, 0.15) is 47.8 Å². The van der Waals surface area contributed by atoms with E-state index in [1.54, 1.807) is 36.4 Å². The molecule has 49 heavy (non-hydrogen) atoms. The van der Waals surface area contributed by atoms with Gasteiger partial charge in [-0.1, -0.05) is 30.3 Å². The number of aromatic carboxylic acids is 2. The molecule has 4 N–H and O–H groups in total. The maximum atomic E-state index is 12.4. The number of phenols is 2. The zero-order valence-electron chi connectivity index (χ0n) is 26.4. The summed E-state index contributed by atoms with van der Waals surface area (Å²) in [4.78, 5) is 45.5. The van der Waals surface area contributed by atoms with Gasteiger partial charge in [-0.25, -0.2) is 14.4 Å². The predicted molar refractivity (Wildman–Crippen MR) is 173 cm³/mol. The van der Waals surface area contributed by atoms with Gasteiger partial charge in [-0.05, 0) is 84.1 Å². The van der Waals surface area contributed by atoms with Crippen molar-refractivity contribution in [2.24, 2.45) is 0 Å². The highest BCUT2D eigenvalue weighted by Crippen LogP contribution is 2.21. The summed E-state index contributed by atoms with van der Waals surface area (Å²) in [6, 6.07) is 21.4. The van der Waals surface area contributed by atoms with Crippen LogP contribution in [0.25, 0.3) is 0 Å². The van der Waals surface area contributed by atoms with Gasteiger partial charge in [-0.2, -0.15) is 4.89 Å². The van der Waals surface area contributed by atoms with Crippen LogP contribution in [0.4, 0.5) is 0 Å². The molecule has 0 radical (unpaired) electrons. The molecule has 0 atom stereocenters. The molecular weight excluding hydrogens is 640 g/mol. The summed E-state index contributed by atoms with van der Waals surface area (Å²) in [5.41, 5.74) is 1.79. The standard InChI is InChI=1S/C36H36O13/c37-27-6-5-26(32(21-27)34(39)40)23-47-49-30-10-3-25(4-11-30)14-16-45-18-20-46-19-17-44-15-13-24-1-8-29(9-2-24)48-36(43)31-12-7-28(38)22-33(31)35(41)42/h1-12,21-22,37-38H,13-20,23H2,(H,39,40)(H,41,42). The summed E-state index contributed by atoms with van der Waals surface area (Å²) in [6.07, 6.45) is 1.32. The van der Waals surface area contributed by atoms with Gasteiger partial charge >= 0.3 is 17.9 Å². The van der Waals surface area contributed by atoms with Crippen molar-refractivity contribution in [2.75, 3.05) is 39.6 Å². The van der Waals surface area contributed by atoms with E-state index in [1.807, 2.05) is 12.1 Å². The van der Waals surface area contributed by atoms with E-state index in [4.69, 9.17) is 28.7 Å². The van der Waals surface area contributed by atoms with E-state index < -0.39 is 17.9 Å². The van der Waals surface area contributed by atoms with Crippen molar-refractivity contribution in [3.8, 4) is 23.0 Å². The minimum atomic E-state index is -1.35. The number of rotatable bonds is 20. The van der Waals surface area contributed by atoms with Crippen molar-refractivity contribution in [3.63, 3.8) is 0 Å². The molecule has 0 aliphatic rings. The average molecular weight is 677 g/mol. The van der Waals surface area contributed by atoms with E-state index in [2.05, 4.69) is 0 Å². The van der Waals surface area contributed by atoms with Gasteiger partial charge in [0.1, 0.15) is 23.9 Å². The lowest BCUT2D eigenvalue weighted by atomic mass is 10.1. The number of carboxylic acid groups (broad SMARTS) is 2. The van der Waals surface area contributed by atoms with Crippen LogP contribution in [0.2, 0.25) is 0 Å². The molecule has 0 unspecified atom stereocenters. The third kappa shape index (κ3) is 11.9. The SMILES string of the molecule is O=C(O)c1cc(O)ccc1COOc1ccc(CCOCCOCCOCCc2ccc(OC(=O)c3ccc(O)cc3C(=O)O)cc2)cc1. The van der Waals surface area contributed by atoms with Crippen LogP contribution >= 0.6 is 0 Å². The van der Waals surface area contributed by atoms with Gasteiger partial charge in [0.2, 0.25) is 0 Å². The molecule has 4 aromatic rings. The van der Waals surface area contributed by atoms with Gasteiger partial charge in [0.25, 0.3) is 0 Å². The lowest BCUT2D eigenvalue weighted by Crippen LogP contribution is -2.14. The molecule has 0 fully saturated rings. The van der Waals surface area contributed by atoms with Gasteiger partial charge in [0, 0.05) is 0 Å². The Balaban J connectivity index is 1.01. The van der Waals surface area contributed by atoms with Crippen LogP contribution in [0.3, 0.4) is 0 Å². The maximum absolute atomic E-state index is 12.4. The third-order valence-corrected chi connectivity index (χ3v) is 7.02. The highest BCUT2D eigenvalue weighted by molar-refractivity contribution is 6.03. The summed E-state index contributed by atoms with van der Waals surface area (Å²) in [7, 11) is 0. The highest BCUT2D eigenvalue weighted by atomic mass is 17.2. The van der Waals surface area contributed by atoms with Gasteiger partial charge in [0.05, 0.1) is 56.3 Å². The Kier molecular flexibility index (Phi) is 13.9. The summed E-state index contributed by atoms with van der Waals surface area (Å²) in [6.45, 7) is 2.57. The summed E-state index contributed by atoms with van der Waals surface area (Å²) >= 11 is 0. The fourth-order valence-corrected chi connectivity index (χ4v) is 4.46. The zero-order chi connectivity index (χ0) is 35.0. The second-order valence-corrected chi connectivity index (χ2v) is 10.5. The van der Waals surface area contributed by atoms with E-state index in [9.17, 15) is 34.8 Å². The lowest BCUT2D eigenvalue weighted by molar-refractivity contribution is -0.217. The minimum Gasteiger partial charge on any atom is -0.508 e. The number of phenolic OH excluding ortho intramolecular Hbond substituents is 2. The fraction of sp³-hybridized carbons (Fsp3) is 0.250.